The van der Waals surface area contributed by atoms with E-state index in [9.17, 15) is 10.2 Å². The zero-order valence-electron chi connectivity index (χ0n) is 13.9. The maximum absolute atomic E-state index is 9.98. The van der Waals surface area contributed by atoms with E-state index in [-0.39, 0.29) is 12.4 Å². The molecule has 3 aliphatic heterocycles. The predicted molar refractivity (Wildman–Crippen MR) is 91.8 cm³/mol. The zero-order chi connectivity index (χ0) is 16.7. The lowest BCUT2D eigenvalue weighted by molar-refractivity contribution is 0.269. The Morgan fingerprint density at radius 1 is 1.29 bits per heavy atom. The second kappa shape index (κ2) is 6.02. The first-order valence-corrected chi connectivity index (χ1v) is 8.65. The second-order valence-electron chi connectivity index (χ2n) is 6.41. The summed E-state index contributed by atoms with van der Waals surface area (Å²) in [5.74, 6) is 1.15. The highest BCUT2D eigenvalue weighted by atomic mass is 16.5. The summed E-state index contributed by atoms with van der Waals surface area (Å²) >= 11 is 0. The van der Waals surface area contributed by atoms with Gasteiger partial charge in [-0.25, -0.2) is 0 Å². The molecule has 1 aromatic carbocycles. The largest absolute Gasteiger partial charge is 0.504 e. The minimum Gasteiger partial charge on any atom is -0.504 e. The van der Waals surface area contributed by atoms with Crippen molar-refractivity contribution in [2.75, 3.05) is 31.2 Å². The summed E-state index contributed by atoms with van der Waals surface area (Å²) in [6.07, 6.45) is 2.31. The lowest BCUT2D eigenvalue weighted by Gasteiger charge is -2.39. The minimum atomic E-state index is 0.0502. The van der Waals surface area contributed by atoms with E-state index in [1.165, 1.54) is 5.69 Å². The fourth-order valence-electron chi connectivity index (χ4n) is 3.91. The molecule has 1 aromatic heterocycles. The van der Waals surface area contributed by atoms with Crippen LogP contribution in [0.15, 0.2) is 18.2 Å². The van der Waals surface area contributed by atoms with Crippen molar-refractivity contribution in [2.24, 2.45) is 0 Å². The van der Waals surface area contributed by atoms with Crippen LogP contribution in [-0.2, 0) is 6.54 Å². The van der Waals surface area contributed by atoms with E-state index in [0.717, 1.165) is 42.9 Å². The van der Waals surface area contributed by atoms with Gasteiger partial charge in [-0.1, -0.05) is 0 Å². The maximum Gasteiger partial charge on any atom is 0.161 e. The van der Waals surface area contributed by atoms with Gasteiger partial charge in [-0.3, -0.25) is 4.68 Å². The molecule has 0 aliphatic carbocycles. The van der Waals surface area contributed by atoms with Crippen LogP contribution in [0.4, 0.5) is 5.69 Å². The van der Waals surface area contributed by atoms with Crippen molar-refractivity contribution in [3.05, 3.63) is 23.9 Å². The van der Waals surface area contributed by atoms with Crippen molar-refractivity contribution in [3.8, 4) is 22.8 Å². The number of benzene rings is 1. The molecule has 2 N–H and O–H groups in total. The number of aromatic hydroxyl groups is 1. The number of fused-ring (bicyclic) bond motifs is 2. The minimum absolute atomic E-state index is 0.0502. The fourth-order valence-corrected chi connectivity index (χ4v) is 3.91. The monoisotopic (exact) mass is 329 g/mol. The van der Waals surface area contributed by atoms with Crippen LogP contribution in [0, 0.1) is 0 Å². The van der Waals surface area contributed by atoms with Crippen LogP contribution in [0.2, 0.25) is 0 Å². The molecular weight excluding hydrogens is 306 g/mol. The van der Waals surface area contributed by atoms with Gasteiger partial charge in [-0.15, -0.1) is 0 Å². The van der Waals surface area contributed by atoms with Crippen molar-refractivity contribution in [3.63, 3.8) is 0 Å². The molecule has 0 saturated carbocycles. The van der Waals surface area contributed by atoms with E-state index in [1.807, 2.05) is 23.7 Å². The number of hydrogen-bond acceptors (Lipinski definition) is 5. The third-order valence-corrected chi connectivity index (χ3v) is 5.00. The molecule has 2 aromatic rings. The Hall–Kier alpha value is -2.21. The Morgan fingerprint density at radius 2 is 2.08 bits per heavy atom. The zero-order valence-corrected chi connectivity index (χ0v) is 13.9. The molecule has 1 saturated heterocycles. The van der Waals surface area contributed by atoms with Crippen molar-refractivity contribution in [1.82, 2.24) is 9.78 Å². The molecule has 4 heterocycles. The van der Waals surface area contributed by atoms with E-state index in [1.54, 1.807) is 6.07 Å². The quantitative estimate of drug-likeness (QED) is 0.881. The van der Waals surface area contributed by atoms with Gasteiger partial charge in [-0.2, -0.15) is 5.10 Å². The maximum atomic E-state index is 9.98. The fraction of sp³-hybridized carbons (Fsp3) is 0.500. The van der Waals surface area contributed by atoms with E-state index >= 15 is 0 Å². The molecule has 128 valence electrons. The van der Waals surface area contributed by atoms with Gasteiger partial charge >= 0.3 is 0 Å². The average molecular weight is 329 g/mol. The first-order chi connectivity index (χ1) is 11.7. The molecule has 0 radical (unpaired) electrons. The van der Waals surface area contributed by atoms with Gasteiger partial charge in [0.1, 0.15) is 0 Å². The molecule has 2 bridgehead atoms. The number of ether oxygens (including phenoxy) is 1. The number of phenolic OH excluding ortho intramolecular Hbond substituents is 1. The second-order valence-corrected chi connectivity index (χ2v) is 6.41. The van der Waals surface area contributed by atoms with Gasteiger partial charge in [0.15, 0.2) is 11.5 Å². The number of aliphatic hydroxyl groups excluding tert-OH is 1. The number of anilines is 1. The van der Waals surface area contributed by atoms with Crippen LogP contribution in [0.5, 0.6) is 11.5 Å². The van der Waals surface area contributed by atoms with Crippen LogP contribution in [0.25, 0.3) is 11.3 Å². The van der Waals surface area contributed by atoms with Crippen LogP contribution in [0.1, 0.15) is 31.4 Å². The van der Waals surface area contributed by atoms with Crippen molar-refractivity contribution in [2.45, 2.75) is 32.2 Å². The topological polar surface area (TPSA) is 70.8 Å². The van der Waals surface area contributed by atoms with E-state index in [0.29, 0.717) is 24.8 Å². The molecule has 1 fully saturated rings. The Bertz CT molecular complexity index is 748. The Labute approximate surface area is 141 Å². The van der Waals surface area contributed by atoms with Crippen LogP contribution in [0.3, 0.4) is 0 Å². The van der Waals surface area contributed by atoms with Gasteiger partial charge in [0.25, 0.3) is 0 Å². The molecule has 0 spiro atoms. The third-order valence-electron chi connectivity index (χ3n) is 5.00. The number of phenols is 1. The van der Waals surface area contributed by atoms with E-state index in [2.05, 4.69) is 4.90 Å². The number of aromatic nitrogens is 2. The Morgan fingerprint density at radius 3 is 2.79 bits per heavy atom. The van der Waals surface area contributed by atoms with Crippen molar-refractivity contribution >= 4 is 5.69 Å². The standard InChI is InChI=1S/C18H23N3O3/c1-2-24-15-11-13(3-4-14(15)23)17-18-16(19-21(17)9-10-22)12-5-7-20(18)8-6-12/h3-4,11-12,22-23H,2,5-10H2,1H3. The molecule has 0 unspecified atom stereocenters. The molecule has 24 heavy (non-hydrogen) atoms. The van der Waals surface area contributed by atoms with Crippen molar-refractivity contribution < 1.29 is 14.9 Å². The molecular formula is C18H23N3O3. The lowest BCUT2D eigenvalue weighted by atomic mass is 9.86. The summed E-state index contributed by atoms with van der Waals surface area (Å²) in [5.41, 5.74) is 4.33. The number of aliphatic hydroxyl groups is 1. The van der Waals surface area contributed by atoms with E-state index in [4.69, 9.17) is 9.84 Å². The Kier molecular flexibility index (Phi) is 3.84. The van der Waals surface area contributed by atoms with Gasteiger partial charge in [0, 0.05) is 24.6 Å². The highest BCUT2D eigenvalue weighted by Gasteiger charge is 2.37. The first kappa shape index (κ1) is 15.3. The summed E-state index contributed by atoms with van der Waals surface area (Å²) in [5, 5.41) is 24.2. The van der Waals surface area contributed by atoms with Gasteiger partial charge < -0.3 is 19.8 Å². The smallest absolute Gasteiger partial charge is 0.161 e. The van der Waals surface area contributed by atoms with Crippen LogP contribution in [-0.4, -0.2) is 46.3 Å². The molecule has 0 amide bonds. The SMILES string of the molecule is CCOc1cc(-c2c3c(nn2CCO)C2CCN3CC2)ccc1O. The van der Waals surface area contributed by atoms with Crippen molar-refractivity contribution in [1.29, 1.82) is 0 Å². The molecule has 0 atom stereocenters. The summed E-state index contributed by atoms with van der Waals surface area (Å²) in [6, 6.07) is 5.43. The molecule has 5 rings (SSSR count). The summed E-state index contributed by atoms with van der Waals surface area (Å²) in [4.78, 5) is 2.40. The van der Waals surface area contributed by atoms with Gasteiger partial charge in [-0.05, 0) is 38.0 Å². The number of hydrogen-bond donors (Lipinski definition) is 2. The van der Waals surface area contributed by atoms with E-state index < -0.39 is 0 Å². The number of piperidine rings is 1. The van der Waals surface area contributed by atoms with Gasteiger partial charge in [0.2, 0.25) is 0 Å². The lowest BCUT2D eigenvalue weighted by Crippen LogP contribution is -2.38. The van der Waals surface area contributed by atoms with Crippen LogP contribution >= 0.6 is 0 Å². The third kappa shape index (κ3) is 2.33. The van der Waals surface area contributed by atoms with Gasteiger partial charge in [0.05, 0.1) is 36.8 Å². The average Bonchev–Trinajstić information content (AvgIpc) is 3.00. The Balaban J connectivity index is 1.87. The highest BCUT2D eigenvalue weighted by molar-refractivity contribution is 5.81. The first-order valence-electron chi connectivity index (χ1n) is 8.65. The summed E-state index contributed by atoms with van der Waals surface area (Å²) in [7, 11) is 0. The highest BCUT2D eigenvalue weighted by Crippen LogP contribution is 2.47. The summed E-state index contributed by atoms with van der Waals surface area (Å²) in [6.45, 7) is 5.04. The number of rotatable bonds is 5. The molecule has 6 heteroatoms. The van der Waals surface area contributed by atoms with Crippen LogP contribution < -0.4 is 9.64 Å². The number of nitrogens with zero attached hydrogens (tertiary/aromatic N) is 3. The predicted octanol–water partition coefficient (Wildman–Crippen LogP) is 2.34. The molecule has 3 aliphatic rings. The normalized spacial score (nSPS) is 16.5. The summed E-state index contributed by atoms with van der Waals surface area (Å²) < 4.78 is 7.44. The molecule has 6 nitrogen and oxygen atoms in total.